The van der Waals surface area contributed by atoms with E-state index in [0.29, 0.717) is 6.04 Å². The van der Waals surface area contributed by atoms with Crippen LogP contribution in [-0.2, 0) is 13.0 Å². The van der Waals surface area contributed by atoms with Crippen molar-refractivity contribution in [1.82, 2.24) is 5.32 Å². The number of ether oxygens (including phenoxy) is 1. The third-order valence-electron chi connectivity index (χ3n) is 3.78. The summed E-state index contributed by atoms with van der Waals surface area (Å²) in [6.45, 7) is 5.23. The van der Waals surface area contributed by atoms with Crippen LogP contribution < -0.4 is 10.1 Å². The van der Waals surface area contributed by atoms with Crippen LogP contribution in [0.4, 0.5) is 0 Å². The fraction of sp³-hybridized carbons (Fsp3) is 0.368. The molecule has 21 heavy (non-hydrogen) atoms. The maximum atomic E-state index is 5.38. The smallest absolute Gasteiger partial charge is 0.123 e. The van der Waals surface area contributed by atoms with E-state index in [2.05, 4.69) is 55.6 Å². The molecule has 0 aliphatic heterocycles. The molecule has 2 rings (SSSR count). The van der Waals surface area contributed by atoms with Crippen molar-refractivity contribution in [3.8, 4) is 5.75 Å². The van der Waals surface area contributed by atoms with Gasteiger partial charge in [0, 0.05) is 18.2 Å². The van der Waals surface area contributed by atoms with Gasteiger partial charge < -0.3 is 10.1 Å². The van der Waals surface area contributed by atoms with Crippen molar-refractivity contribution in [3.05, 3.63) is 65.2 Å². The molecule has 0 radical (unpaired) electrons. The van der Waals surface area contributed by atoms with Gasteiger partial charge >= 0.3 is 0 Å². The lowest BCUT2D eigenvalue weighted by atomic mass is 10.0. The largest absolute Gasteiger partial charge is 0.496 e. The van der Waals surface area contributed by atoms with Gasteiger partial charge in [-0.1, -0.05) is 48.0 Å². The summed E-state index contributed by atoms with van der Waals surface area (Å²) < 4.78 is 5.38. The van der Waals surface area contributed by atoms with Crippen LogP contribution in [0, 0.1) is 6.92 Å². The molecule has 0 saturated heterocycles. The lowest BCUT2D eigenvalue weighted by molar-refractivity contribution is 0.405. The Morgan fingerprint density at radius 2 is 1.90 bits per heavy atom. The Hall–Kier alpha value is -1.80. The predicted octanol–water partition coefficient (Wildman–Crippen LogP) is 4.11. The van der Waals surface area contributed by atoms with E-state index < -0.39 is 0 Å². The van der Waals surface area contributed by atoms with Crippen molar-refractivity contribution in [3.63, 3.8) is 0 Å². The number of benzene rings is 2. The molecule has 0 aliphatic rings. The highest BCUT2D eigenvalue weighted by molar-refractivity contribution is 5.33. The molecule has 1 unspecified atom stereocenters. The van der Waals surface area contributed by atoms with Crippen molar-refractivity contribution in [2.45, 2.75) is 39.3 Å². The molecule has 2 heteroatoms. The maximum Gasteiger partial charge on any atom is 0.123 e. The monoisotopic (exact) mass is 283 g/mol. The van der Waals surface area contributed by atoms with E-state index in [0.717, 1.165) is 25.1 Å². The Balaban J connectivity index is 1.81. The molecule has 1 N–H and O–H groups in total. The average Bonchev–Trinajstić information content (AvgIpc) is 2.51. The number of methoxy groups -OCH3 is 1. The third kappa shape index (κ3) is 4.91. The zero-order valence-corrected chi connectivity index (χ0v) is 13.2. The van der Waals surface area contributed by atoms with Crippen LogP contribution in [0.1, 0.15) is 30.0 Å². The zero-order chi connectivity index (χ0) is 15.1. The van der Waals surface area contributed by atoms with E-state index in [9.17, 15) is 0 Å². The first kappa shape index (κ1) is 15.6. The number of aryl methyl sites for hydroxylation is 2. The molecule has 0 aliphatic carbocycles. The summed E-state index contributed by atoms with van der Waals surface area (Å²) in [6.07, 6.45) is 2.25. The minimum absolute atomic E-state index is 0.482. The van der Waals surface area contributed by atoms with Crippen LogP contribution in [0.25, 0.3) is 0 Å². The van der Waals surface area contributed by atoms with Gasteiger partial charge in [0.05, 0.1) is 7.11 Å². The average molecular weight is 283 g/mol. The standard InChI is InChI=1S/C19H25NO/c1-15-7-6-8-17(13-15)12-11-16(2)20-14-18-9-4-5-10-19(18)21-3/h4-10,13,16,20H,11-12,14H2,1-3H3. The van der Waals surface area contributed by atoms with Gasteiger partial charge in [-0.25, -0.2) is 0 Å². The second-order valence-corrected chi connectivity index (χ2v) is 5.62. The van der Waals surface area contributed by atoms with Crippen LogP contribution in [0.15, 0.2) is 48.5 Å². The molecule has 0 aromatic heterocycles. The lowest BCUT2D eigenvalue weighted by Gasteiger charge is -2.15. The van der Waals surface area contributed by atoms with Crippen LogP contribution in [-0.4, -0.2) is 13.2 Å². The molecule has 0 bridgehead atoms. The molecule has 2 aromatic rings. The van der Waals surface area contributed by atoms with E-state index in [4.69, 9.17) is 4.74 Å². The van der Waals surface area contributed by atoms with Crippen LogP contribution >= 0.6 is 0 Å². The van der Waals surface area contributed by atoms with Gasteiger partial charge in [0.1, 0.15) is 5.75 Å². The Kier molecular flexibility index (Phi) is 5.82. The minimum atomic E-state index is 0.482. The first-order valence-electron chi connectivity index (χ1n) is 7.60. The van der Waals surface area contributed by atoms with Crippen LogP contribution in [0.2, 0.25) is 0 Å². The van der Waals surface area contributed by atoms with Crippen LogP contribution in [0.3, 0.4) is 0 Å². The van der Waals surface area contributed by atoms with E-state index in [1.54, 1.807) is 7.11 Å². The molecule has 0 spiro atoms. The van der Waals surface area contributed by atoms with E-state index in [1.807, 2.05) is 12.1 Å². The van der Waals surface area contributed by atoms with Crippen molar-refractivity contribution >= 4 is 0 Å². The Morgan fingerprint density at radius 1 is 1.10 bits per heavy atom. The molecule has 0 fully saturated rings. The van der Waals surface area contributed by atoms with Gasteiger partial charge in [-0.3, -0.25) is 0 Å². The predicted molar refractivity (Wildman–Crippen MR) is 88.8 cm³/mol. The molecule has 112 valence electrons. The first-order chi connectivity index (χ1) is 10.2. The summed E-state index contributed by atoms with van der Waals surface area (Å²) in [5, 5.41) is 3.58. The molecule has 0 saturated carbocycles. The normalized spacial score (nSPS) is 12.1. The summed E-state index contributed by atoms with van der Waals surface area (Å²) in [7, 11) is 1.72. The Morgan fingerprint density at radius 3 is 2.67 bits per heavy atom. The number of nitrogens with one attached hydrogen (secondary N) is 1. The number of hydrogen-bond donors (Lipinski definition) is 1. The minimum Gasteiger partial charge on any atom is -0.496 e. The molecular weight excluding hydrogens is 258 g/mol. The summed E-state index contributed by atoms with van der Waals surface area (Å²) in [6, 6.07) is 17.4. The Labute approximate surface area is 128 Å². The third-order valence-corrected chi connectivity index (χ3v) is 3.78. The van der Waals surface area contributed by atoms with Gasteiger partial charge in [-0.05, 0) is 38.3 Å². The topological polar surface area (TPSA) is 21.3 Å². The number of hydrogen-bond acceptors (Lipinski definition) is 2. The van der Waals surface area contributed by atoms with Gasteiger partial charge in [0.2, 0.25) is 0 Å². The summed E-state index contributed by atoms with van der Waals surface area (Å²) in [5.41, 5.74) is 3.96. The fourth-order valence-corrected chi connectivity index (χ4v) is 2.49. The molecule has 0 heterocycles. The SMILES string of the molecule is COc1ccccc1CNC(C)CCc1cccc(C)c1. The van der Waals surface area contributed by atoms with Crippen molar-refractivity contribution in [1.29, 1.82) is 0 Å². The Bertz CT molecular complexity index is 565. The van der Waals surface area contributed by atoms with Crippen LogP contribution in [0.5, 0.6) is 5.75 Å². The zero-order valence-electron chi connectivity index (χ0n) is 13.2. The van der Waals surface area contributed by atoms with Crippen molar-refractivity contribution in [2.24, 2.45) is 0 Å². The molecule has 0 amide bonds. The van der Waals surface area contributed by atoms with Crippen molar-refractivity contribution in [2.75, 3.05) is 7.11 Å². The second kappa shape index (κ2) is 7.84. The van der Waals surface area contributed by atoms with Gasteiger partial charge in [-0.15, -0.1) is 0 Å². The number of para-hydroxylation sites is 1. The molecule has 1 atom stereocenters. The number of rotatable bonds is 7. The van der Waals surface area contributed by atoms with Gasteiger partial charge in [-0.2, -0.15) is 0 Å². The van der Waals surface area contributed by atoms with E-state index in [-0.39, 0.29) is 0 Å². The summed E-state index contributed by atoms with van der Waals surface area (Å²) in [4.78, 5) is 0. The quantitative estimate of drug-likeness (QED) is 0.825. The maximum absolute atomic E-state index is 5.38. The highest BCUT2D eigenvalue weighted by Crippen LogP contribution is 2.17. The second-order valence-electron chi connectivity index (χ2n) is 5.62. The molecule has 2 nitrogen and oxygen atoms in total. The van der Waals surface area contributed by atoms with Crippen molar-refractivity contribution < 1.29 is 4.74 Å². The highest BCUT2D eigenvalue weighted by atomic mass is 16.5. The van der Waals surface area contributed by atoms with E-state index >= 15 is 0 Å². The van der Waals surface area contributed by atoms with Gasteiger partial charge in [0.25, 0.3) is 0 Å². The first-order valence-corrected chi connectivity index (χ1v) is 7.60. The fourth-order valence-electron chi connectivity index (χ4n) is 2.49. The molecule has 2 aromatic carbocycles. The van der Waals surface area contributed by atoms with Gasteiger partial charge in [0.15, 0.2) is 0 Å². The van der Waals surface area contributed by atoms with E-state index in [1.165, 1.54) is 16.7 Å². The summed E-state index contributed by atoms with van der Waals surface area (Å²) in [5.74, 6) is 0.955. The molecular formula is C19H25NO. The lowest BCUT2D eigenvalue weighted by Crippen LogP contribution is -2.26. The summed E-state index contributed by atoms with van der Waals surface area (Å²) >= 11 is 0. The highest BCUT2D eigenvalue weighted by Gasteiger charge is 2.05.